The summed E-state index contributed by atoms with van der Waals surface area (Å²) in [6.45, 7) is 5.02. The van der Waals surface area contributed by atoms with E-state index in [0.717, 1.165) is 21.2 Å². The summed E-state index contributed by atoms with van der Waals surface area (Å²) in [5.74, 6) is -2.39. The zero-order valence-electron chi connectivity index (χ0n) is 22.9. The van der Waals surface area contributed by atoms with E-state index in [1.165, 1.54) is 0 Å². The van der Waals surface area contributed by atoms with Crippen molar-refractivity contribution in [2.24, 2.45) is 17.3 Å². The van der Waals surface area contributed by atoms with Gasteiger partial charge in [-0.15, -0.1) is 0 Å². The van der Waals surface area contributed by atoms with Crippen LogP contribution in [0.3, 0.4) is 0 Å². The van der Waals surface area contributed by atoms with Crippen LogP contribution in [0.25, 0.3) is 10.8 Å². The Morgan fingerprint density at radius 2 is 1.52 bits per heavy atom. The minimum atomic E-state index is -1.04. The van der Waals surface area contributed by atoms with Crippen molar-refractivity contribution < 1.29 is 24.4 Å². The third-order valence-corrected chi connectivity index (χ3v) is 8.40. The third-order valence-electron chi connectivity index (χ3n) is 8.40. The van der Waals surface area contributed by atoms with Crippen molar-refractivity contribution in [3.8, 4) is 0 Å². The summed E-state index contributed by atoms with van der Waals surface area (Å²) < 4.78 is 0. The number of fused-ring (bicyclic) bond motifs is 2. The lowest BCUT2D eigenvalue weighted by molar-refractivity contribution is -0.150. The van der Waals surface area contributed by atoms with Gasteiger partial charge in [0.15, 0.2) is 0 Å². The summed E-state index contributed by atoms with van der Waals surface area (Å²) in [5, 5.41) is 11.4. The van der Waals surface area contributed by atoms with E-state index in [1.807, 2.05) is 68.4 Å². The number of nitrogens with one attached hydrogen (secondary N) is 1. The summed E-state index contributed by atoms with van der Waals surface area (Å²) in [7, 11) is 0. The largest absolute Gasteiger partial charge is 0.342 e. The van der Waals surface area contributed by atoms with E-state index in [-0.39, 0.29) is 24.8 Å². The van der Waals surface area contributed by atoms with Crippen molar-refractivity contribution >= 4 is 34.4 Å². The van der Waals surface area contributed by atoms with Gasteiger partial charge in [0, 0.05) is 19.6 Å². The Labute approximate surface area is 233 Å². The number of benzene rings is 3. The summed E-state index contributed by atoms with van der Waals surface area (Å²) in [6, 6.07) is 20.9. The Kier molecular flexibility index (Phi) is 7.72. The van der Waals surface area contributed by atoms with Gasteiger partial charge >= 0.3 is 0 Å². The topological polar surface area (TPSA) is 107 Å². The van der Waals surface area contributed by atoms with E-state index in [1.54, 1.807) is 22.5 Å². The smallest absolute Gasteiger partial charge is 0.261 e. The number of amides is 4. The molecule has 0 bridgehead atoms. The van der Waals surface area contributed by atoms with Crippen molar-refractivity contribution in [2.45, 2.75) is 39.5 Å². The van der Waals surface area contributed by atoms with E-state index >= 15 is 0 Å². The van der Waals surface area contributed by atoms with Crippen molar-refractivity contribution in [2.75, 3.05) is 19.6 Å². The van der Waals surface area contributed by atoms with Crippen LogP contribution in [0, 0.1) is 17.3 Å². The number of likely N-dealkylation sites (tertiary alicyclic amines) is 1. The molecule has 2 atom stereocenters. The first-order valence-corrected chi connectivity index (χ1v) is 13.9. The fourth-order valence-electron chi connectivity index (χ4n) is 6.54. The molecular weight excluding hydrogens is 506 g/mol. The highest BCUT2D eigenvalue weighted by Crippen LogP contribution is 2.46. The van der Waals surface area contributed by atoms with Crippen molar-refractivity contribution in [1.82, 2.24) is 15.3 Å². The van der Waals surface area contributed by atoms with Crippen LogP contribution in [0.5, 0.6) is 0 Å². The predicted octanol–water partition coefficient (Wildman–Crippen LogP) is 4.46. The van der Waals surface area contributed by atoms with Gasteiger partial charge in [0.2, 0.25) is 11.8 Å². The molecule has 1 saturated heterocycles. The van der Waals surface area contributed by atoms with Crippen molar-refractivity contribution in [1.29, 1.82) is 0 Å². The molecule has 1 unspecified atom stereocenters. The number of carbonyl (C=O) groups excluding carboxylic acids is 4. The van der Waals surface area contributed by atoms with Gasteiger partial charge in [0.25, 0.3) is 11.8 Å². The molecule has 3 aromatic carbocycles. The van der Waals surface area contributed by atoms with E-state index in [2.05, 4.69) is 0 Å². The standard InChI is InChI=1S/C32H35N3O5/c1-21(2)20-32(14-17-34(31(32)39)15-12-22-8-4-3-5-9-22)27(28(36)33-40)13-16-35-29(37)25-18-23-10-6-7-11-24(23)19-26(25)30(35)38/h3-11,18-19,21,27,40H,12-17,20H2,1-2H3,(H,33,36)/t27?,32-/m1/s1. The molecule has 2 aliphatic heterocycles. The van der Waals surface area contributed by atoms with Crippen LogP contribution in [0.1, 0.15) is 59.4 Å². The van der Waals surface area contributed by atoms with Crippen LogP contribution < -0.4 is 5.48 Å². The van der Waals surface area contributed by atoms with E-state index in [9.17, 15) is 24.4 Å². The van der Waals surface area contributed by atoms with E-state index in [4.69, 9.17) is 0 Å². The molecule has 0 spiro atoms. The normalized spacial score (nSPS) is 19.6. The number of hydrogen-bond donors (Lipinski definition) is 2. The number of carbonyl (C=O) groups is 4. The van der Waals surface area contributed by atoms with Gasteiger partial charge in [-0.05, 0) is 60.1 Å². The quantitative estimate of drug-likeness (QED) is 0.224. The molecular formula is C32H35N3O5. The van der Waals surface area contributed by atoms with Gasteiger partial charge in [-0.2, -0.15) is 0 Å². The molecule has 208 valence electrons. The van der Waals surface area contributed by atoms with Gasteiger partial charge in [-0.25, -0.2) is 5.48 Å². The Hall–Kier alpha value is -4.04. The van der Waals surface area contributed by atoms with Gasteiger partial charge in [-0.3, -0.25) is 29.3 Å². The monoisotopic (exact) mass is 541 g/mol. The van der Waals surface area contributed by atoms with Crippen LogP contribution in [0.15, 0.2) is 66.7 Å². The molecule has 40 heavy (non-hydrogen) atoms. The molecule has 2 heterocycles. The minimum absolute atomic E-state index is 0.0298. The summed E-state index contributed by atoms with van der Waals surface area (Å²) >= 11 is 0. The minimum Gasteiger partial charge on any atom is -0.342 e. The second-order valence-electron chi connectivity index (χ2n) is 11.4. The maximum absolute atomic E-state index is 14.0. The molecule has 2 N–H and O–H groups in total. The molecule has 0 aromatic heterocycles. The van der Waals surface area contributed by atoms with Gasteiger partial charge in [-0.1, -0.05) is 68.4 Å². The zero-order chi connectivity index (χ0) is 28.4. The molecule has 4 amide bonds. The highest BCUT2D eigenvalue weighted by atomic mass is 16.5. The molecule has 0 saturated carbocycles. The first kappa shape index (κ1) is 27.5. The fraction of sp³-hybridized carbons (Fsp3) is 0.375. The van der Waals surface area contributed by atoms with Crippen molar-refractivity contribution in [3.63, 3.8) is 0 Å². The van der Waals surface area contributed by atoms with E-state index < -0.39 is 29.1 Å². The predicted molar refractivity (Wildman–Crippen MR) is 151 cm³/mol. The molecule has 5 rings (SSSR count). The molecule has 2 aliphatic rings. The maximum Gasteiger partial charge on any atom is 0.261 e. The van der Waals surface area contributed by atoms with E-state index in [0.29, 0.717) is 43.5 Å². The van der Waals surface area contributed by atoms with Crippen LogP contribution >= 0.6 is 0 Å². The zero-order valence-corrected chi connectivity index (χ0v) is 22.9. The Bertz CT molecular complexity index is 1400. The molecule has 3 aromatic rings. The first-order chi connectivity index (χ1) is 19.2. The number of rotatable bonds is 10. The molecule has 0 radical (unpaired) electrons. The highest BCUT2D eigenvalue weighted by molar-refractivity contribution is 6.23. The van der Waals surface area contributed by atoms with Gasteiger partial charge < -0.3 is 4.90 Å². The Balaban J connectivity index is 1.38. The second-order valence-corrected chi connectivity index (χ2v) is 11.4. The van der Waals surface area contributed by atoms with Gasteiger partial charge in [0.1, 0.15) is 0 Å². The maximum atomic E-state index is 14.0. The molecule has 8 nitrogen and oxygen atoms in total. The lowest BCUT2D eigenvalue weighted by atomic mass is 9.67. The fourth-order valence-corrected chi connectivity index (χ4v) is 6.54. The number of imide groups is 1. The van der Waals surface area contributed by atoms with Crippen LogP contribution in [-0.4, -0.2) is 58.3 Å². The lowest BCUT2D eigenvalue weighted by Crippen LogP contribution is -2.48. The first-order valence-electron chi connectivity index (χ1n) is 13.9. The summed E-state index contributed by atoms with van der Waals surface area (Å²) in [5.41, 5.74) is 2.54. The Morgan fingerprint density at radius 1 is 0.925 bits per heavy atom. The lowest BCUT2D eigenvalue weighted by Gasteiger charge is -2.36. The number of hydroxylamine groups is 1. The summed E-state index contributed by atoms with van der Waals surface area (Å²) in [6.07, 6.45) is 1.69. The number of nitrogens with zero attached hydrogens (tertiary/aromatic N) is 2. The average molecular weight is 542 g/mol. The highest BCUT2D eigenvalue weighted by Gasteiger charge is 2.54. The second kappa shape index (κ2) is 11.2. The number of hydrogen-bond acceptors (Lipinski definition) is 5. The summed E-state index contributed by atoms with van der Waals surface area (Å²) in [4.78, 5) is 56.7. The van der Waals surface area contributed by atoms with Crippen molar-refractivity contribution in [3.05, 3.63) is 83.4 Å². The molecule has 0 aliphatic carbocycles. The van der Waals surface area contributed by atoms with Gasteiger partial charge in [0.05, 0.1) is 22.5 Å². The third kappa shape index (κ3) is 4.99. The Morgan fingerprint density at radius 3 is 2.10 bits per heavy atom. The van der Waals surface area contributed by atoms with Crippen LogP contribution in [0.2, 0.25) is 0 Å². The van der Waals surface area contributed by atoms with Crippen LogP contribution in [-0.2, 0) is 16.0 Å². The SMILES string of the molecule is CC(C)C[C@@]1(C(CCN2C(=O)c3cc4ccccc4cc3C2=O)C(=O)NO)CCN(CCc2ccccc2)C1=O. The molecule has 1 fully saturated rings. The molecule has 8 heteroatoms. The van der Waals surface area contributed by atoms with Crippen LogP contribution in [0.4, 0.5) is 0 Å². The average Bonchev–Trinajstić information content (AvgIpc) is 3.39.